The monoisotopic (exact) mass is 276 g/mol. The van der Waals surface area contributed by atoms with Crippen molar-refractivity contribution < 1.29 is 14.3 Å². The zero-order valence-corrected chi connectivity index (χ0v) is 11.7. The molecule has 2 heterocycles. The van der Waals surface area contributed by atoms with Crippen molar-refractivity contribution in [3.63, 3.8) is 0 Å². The van der Waals surface area contributed by atoms with Crippen LogP contribution in [0.4, 0.5) is 5.69 Å². The van der Waals surface area contributed by atoms with E-state index in [9.17, 15) is 4.79 Å². The molecular weight excluding hydrogens is 256 g/mol. The minimum absolute atomic E-state index is 0.0528. The van der Waals surface area contributed by atoms with Gasteiger partial charge in [-0.1, -0.05) is 0 Å². The lowest BCUT2D eigenvalue weighted by molar-refractivity contribution is -0.0148. The smallest absolute Gasteiger partial charge is 0.251 e. The van der Waals surface area contributed by atoms with Crippen molar-refractivity contribution in [1.82, 2.24) is 5.32 Å². The lowest BCUT2D eigenvalue weighted by atomic mass is 10.0. The number of fused-ring (bicyclic) bond motifs is 1. The van der Waals surface area contributed by atoms with Gasteiger partial charge in [0.05, 0.1) is 6.61 Å². The van der Waals surface area contributed by atoms with Crippen molar-refractivity contribution in [3.8, 4) is 0 Å². The van der Waals surface area contributed by atoms with Crippen molar-refractivity contribution in [3.05, 3.63) is 29.3 Å². The van der Waals surface area contributed by atoms with Crippen LogP contribution in [-0.2, 0) is 15.9 Å². The molecule has 5 nitrogen and oxygen atoms in total. The summed E-state index contributed by atoms with van der Waals surface area (Å²) in [7, 11) is 1.67. The minimum atomic E-state index is -0.367. The Kier molecular flexibility index (Phi) is 3.63. The highest BCUT2D eigenvalue weighted by Crippen LogP contribution is 2.24. The second-order valence-corrected chi connectivity index (χ2v) is 5.42. The Morgan fingerprint density at radius 1 is 1.55 bits per heavy atom. The molecule has 0 aliphatic carbocycles. The molecule has 20 heavy (non-hydrogen) atoms. The summed E-state index contributed by atoms with van der Waals surface area (Å²) < 4.78 is 10.9. The van der Waals surface area contributed by atoms with Crippen LogP contribution in [0.3, 0.4) is 0 Å². The molecule has 108 valence electrons. The van der Waals surface area contributed by atoms with Gasteiger partial charge in [-0.15, -0.1) is 0 Å². The Morgan fingerprint density at radius 2 is 2.45 bits per heavy atom. The highest BCUT2D eigenvalue weighted by molar-refractivity contribution is 5.95. The summed E-state index contributed by atoms with van der Waals surface area (Å²) in [6.45, 7) is 2.66. The Morgan fingerprint density at radius 3 is 3.20 bits per heavy atom. The van der Waals surface area contributed by atoms with E-state index >= 15 is 0 Å². The first kappa shape index (κ1) is 13.4. The highest BCUT2D eigenvalue weighted by Gasteiger charge is 2.35. The molecule has 1 saturated heterocycles. The Hall–Kier alpha value is -1.59. The molecule has 1 unspecified atom stereocenters. The molecule has 0 bridgehead atoms. The normalized spacial score (nSPS) is 24.2. The second kappa shape index (κ2) is 5.42. The van der Waals surface area contributed by atoms with Gasteiger partial charge in [-0.2, -0.15) is 0 Å². The van der Waals surface area contributed by atoms with Crippen LogP contribution in [0, 0.1) is 0 Å². The number of methoxy groups -OCH3 is 1. The first-order valence-corrected chi connectivity index (χ1v) is 7.00. The van der Waals surface area contributed by atoms with Gasteiger partial charge in [0.1, 0.15) is 5.60 Å². The molecule has 1 amide bonds. The van der Waals surface area contributed by atoms with Crippen molar-refractivity contribution in [1.29, 1.82) is 0 Å². The average molecular weight is 276 g/mol. The van der Waals surface area contributed by atoms with Crippen molar-refractivity contribution >= 4 is 11.6 Å². The van der Waals surface area contributed by atoms with E-state index in [1.54, 1.807) is 7.11 Å². The second-order valence-electron chi connectivity index (χ2n) is 5.42. The molecule has 1 aromatic rings. The minimum Gasteiger partial charge on any atom is -0.384 e. The molecule has 2 aliphatic rings. The maximum absolute atomic E-state index is 12.2. The molecule has 3 rings (SSSR count). The van der Waals surface area contributed by atoms with Crippen molar-refractivity contribution in [2.45, 2.75) is 18.4 Å². The van der Waals surface area contributed by atoms with Gasteiger partial charge in [-0.3, -0.25) is 4.79 Å². The fourth-order valence-corrected chi connectivity index (χ4v) is 2.75. The van der Waals surface area contributed by atoms with Gasteiger partial charge in [0.15, 0.2) is 0 Å². The van der Waals surface area contributed by atoms with E-state index in [2.05, 4.69) is 10.6 Å². The van der Waals surface area contributed by atoms with E-state index in [4.69, 9.17) is 9.47 Å². The highest BCUT2D eigenvalue weighted by atomic mass is 16.5. The summed E-state index contributed by atoms with van der Waals surface area (Å²) in [4.78, 5) is 12.2. The van der Waals surface area contributed by atoms with Crippen LogP contribution in [0.25, 0.3) is 0 Å². The third-order valence-electron chi connectivity index (χ3n) is 4.15. The van der Waals surface area contributed by atoms with E-state index < -0.39 is 0 Å². The van der Waals surface area contributed by atoms with Gasteiger partial charge in [0.25, 0.3) is 5.91 Å². The average Bonchev–Trinajstić information content (AvgIpc) is 3.13. The lowest BCUT2D eigenvalue weighted by Crippen LogP contribution is -2.45. The largest absolute Gasteiger partial charge is 0.384 e. The first-order chi connectivity index (χ1) is 9.72. The maximum Gasteiger partial charge on any atom is 0.251 e. The van der Waals surface area contributed by atoms with Crippen LogP contribution in [-0.4, -0.2) is 44.9 Å². The molecule has 0 radical (unpaired) electrons. The van der Waals surface area contributed by atoms with E-state index in [1.807, 2.05) is 18.2 Å². The van der Waals surface area contributed by atoms with Gasteiger partial charge in [-0.25, -0.2) is 0 Å². The molecule has 1 fully saturated rings. The number of benzene rings is 1. The number of carbonyl (C=O) groups excluding carboxylic acids is 1. The van der Waals surface area contributed by atoms with Crippen LogP contribution in [0.15, 0.2) is 18.2 Å². The molecular formula is C15H20N2O3. The summed E-state index contributed by atoms with van der Waals surface area (Å²) in [6.07, 6.45) is 1.80. The van der Waals surface area contributed by atoms with Crippen LogP contribution in [0.1, 0.15) is 22.3 Å². The number of amides is 1. The predicted molar refractivity (Wildman–Crippen MR) is 76.1 cm³/mol. The molecule has 5 heteroatoms. The lowest BCUT2D eigenvalue weighted by Gasteiger charge is -2.25. The van der Waals surface area contributed by atoms with Gasteiger partial charge < -0.3 is 20.1 Å². The Bertz CT molecular complexity index is 510. The summed E-state index contributed by atoms with van der Waals surface area (Å²) in [5.41, 5.74) is 2.69. The summed E-state index contributed by atoms with van der Waals surface area (Å²) in [5.74, 6) is -0.0528. The maximum atomic E-state index is 12.2. The van der Waals surface area contributed by atoms with E-state index in [0.717, 1.165) is 25.1 Å². The van der Waals surface area contributed by atoms with Crippen molar-refractivity contribution in [2.75, 3.05) is 38.7 Å². The summed E-state index contributed by atoms with van der Waals surface area (Å²) in [5, 5.41) is 6.25. The molecule has 1 atom stereocenters. The van der Waals surface area contributed by atoms with Gasteiger partial charge in [0.2, 0.25) is 0 Å². The number of nitrogens with one attached hydrogen (secondary N) is 2. The summed E-state index contributed by atoms with van der Waals surface area (Å²) in [6, 6.07) is 5.80. The third-order valence-corrected chi connectivity index (χ3v) is 4.15. The van der Waals surface area contributed by atoms with Crippen LogP contribution < -0.4 is 10.6 Å². The zero-order valence-electron chi connectivity index (χ0n) is 11.7. The van der Waals surface area contributed by atoms with E-state index in [-0.39, 0.29) is 11.5 Å². The van der Waals surface area contributed by atoms with Gasteiger partial charge in [-0.05, 0) is 30.2 Å². The number of carbonyl (C=O) groups is 1. The van der Waals surface area contributed by atoms with E-state index in [1.165, 1.54) is 5.56 Å². The molecule has 1 aromatic carbocycles. The number of ether oxygens (including phenoxy) is 2. The predicted octanol–water partition coefficient (Wildman–Crippen LogP) is 1.19. The quantitative estimate of drug-likeness (QED) is 0.867. The Labute approximate surface area is 118 Å². The molecule has 2 N–H and O–H groups in total. The van der Waals surface area contributed by atoms with Gasteiger partial charge >= 0.3 is 0 Å². The molecule has 2 aliphatic heterocycles. The topological polar surface area (TPSA) is 59.6 Å². The molecule has 0 aromatic heterocycles. The SMILES string of the molecule is COC1(CNC(=O)c2ccc3c(c2)CCN3)CCOC1. The number of hydrogen-bond donors (Lipinski definition) is 2. The molecule has 0 saturated carbocycles. The molecule has 0 spiro atoms. The first-order valence-electron chi connectivity index (χ1n) is 7.00. The fourth-order valence-electron chi connectivity index (χ4n) is 2.75. The van der Waals surface area contributed by atoms with E-state index in [0.29, 0.717) is 25.3 Å². The van der Waals surface area contributed by atoms with Crippen LogP contribution >= 0.6 is 0 Å². The fraction of sp³-hybridized carbons (Fsp3) is 0.533. The number of hydrogen-bond acceptors (Lipinski definition) is 4. The van der Waals surface area contributed by atoms with Crippen LogP contribution in [0.5, 0.6) is 0 Å². The van der Waals surface area contributed by atoms with Crippen LogP contribution in [0.2, 0.25) is 0 Å². The number of rotatable bonds is 4. The van der Waals surface area contributed by atoms with Gasteiger partial charge in [0, 0.05) is 44.5 Å². The standard InChI is InChI=1S/C15H20N2O3/c1-19-15(5-7-20-10-15)9-17-14(18)12-2-3-13-11(8-12)4-6-16-13/h2-3,8,16H,4-7,9-10H2,1H3,(H,17,18). The third kappa shape index (κ3) is 2.51. The summed E-state index contributed by atoms with van der Waals surface area (Å²) >= 11 is 0. The Balaban J connectivity index is 1.64. The number of anilines is 1. The zero-order chi connectivity index (χ0) is 14.0. The van der Waals surface area contributed by atoms with Crippen molar-refractivity contribution in [2.24, 2.45) is 0 Å².